The second kappa shape index (κ2) is 8.18. The van der Waals surface area contributed by atoms with Crippen molar-refractivity contribution in [1.82, 2.24) is 4.90 Å². The van der Waals surface area contributed by atoms with Crippen LogP contribution in [-0.4, -0.2) is 60.5 Å². The molecule has 134 valence electrons. The lowest BCUT2D eigenvalue weighted by atomic mass is 10.2. The predicted molar refractivity (Wildman–Crippen MR) is 94.7 cm³/mol. The zero-order valence-corrected chi connectivity index (χ0v) is 14.0. The number of anilines is 1. The maximum absolute atomic E-state index is 12.8. The molecule has 2 aromatic rings. The molecule has 2 aromatic carbocycles. The van der Waals surface area contributed by atoms with E-state index >= 15 is 0 Å². The Labute approximate surface area is 146 Å². The molecule has 1 saturated heterocycles. The molecule has 0 spiro atoms. The molecule has 2 N–H and O–H groups in total. The Morgan fingerprint density at radius 3 is 2.36 bits per heavy atom. The SMILES string of the molecule is Oc1ccccc1N1CCN(C[C@H](O)COc2ccc(F)cc2)CC1. The van der Waals surface area contributed by atoms with Gasteiger partial charge in [-0.25, -0.2) is 4.39 Å². The molecule has 1 aliphatic heterocycles. The van der Waals surface area contributed by atoms with Crippen LogP contribution in [0.3, 0.4) is 0 Å². The number of β-amino-alcohol motifs (C(OH)–C–C–N with tert-alkyl or cyclic N) is 1. The third-order valence-electron chi connectivity index (χ3n) is 4.32. The Morgan fingerprint density at radius 1 is 1.00 bits per heavy atom. The number of phenols is 1. The molecule has 1 heterocycles. The first kappa shape index (κ1) is 17.5. The van der Waals surface area contributed by atoms with Crippen molar-refractivity contribution in [1.29, 1.82) is 0 Å². The van der Waals surface area contributed by atoms with Gasteiger partial charge in [0.25, 0.3) is 0 Å². The molecule has 0 unspecified atom stereocenters. The van der Waals surface area contributed by atoms with Crippen LogP contribution in [-0.2, 0) is 0 Å². The molecule has 6 heteroatoms. The second-order valence-electron chi connectivity index (χ2n) is 6.20. The number of rotatable bonds is 6. The van der Waals surface area contributed by atoms with Crippen molar-refractivity contribution in [3.05, 3.63) is 54.3 Å². The fourth-order valence-electron chi connectivity index (χ4n) is 2.98. The number of aromatic hydroxyl groups is 1. The van der Waals surface area contributed by atoms with Crippen LogP contribution < -0.4 is 9.64 Å². The van der Waals surface area contributed by atoms with Crippen molar-refractivity contribution in [2.24, 2.45) is 0 Å². The van der Waals surface area contributed by atoms with E-state index in [1.54, 1.807) is 18.2 Å². The van der Waals surface area contributed by atoms with Crippen LogP contribution in [0.25, 0.3) is 0 Å². The minimum Gasteiger partial charge on any atom is -0.506 e. The normalized spacial score (nSPS) is 16.6. The van der Waals surface area contributed by atoms with Crippen LogP contribution >= 0.6 is 0 Å². The number of hydrogen-bond acceptors (Lipinski definition) is 5. The summed E-state index contributed by atoms with van der Waals surface area (Å²) in [4.78, 5) is 4.32. The summed E-state index contributed by atoms with van der Waals surface area (Å²) in [7, 11) is 0. The van der Waals surface area contributed by atoms with E-state index in [2.05, 4.69) is 9.80 Å². The molecule has 1 atom stereocenters. The number of ether oxygens (including phenoxy) is 1. The van der Waals surface area contributed by atoms with E-state index in [0.717, 1.165) is 31.9 Å². The molecule has 1 aliphatic rings. The fraction of sp³-hybridized carbons (Fsp3) is 0.368. The maximum atomic E-state index is 12.8. The first-order valence-corrected chi connectivity index (χ1v) is 8.43. The molecule has 0 aliphatic carbocycles. The summed E-state index contributed by atoms with van der Waals surface area (Å²) in [5.41, 5.74) is 0.849. The second-order valence-corrected chi connectivity index (χ2v) is 6.20. The molecule has 0 aromatic heterocycles. The Bertz CT molecular complexity index is 673. The number of phenolic OH excluding ortho intramolecular Hbond substituents is 1. The zero-order chi connectivity index (χ0) is 17.6. The number of para-hydroxylation sites is 2. The highest BCUT2D eigenvalue weighted by Gasteiger charge is 2.21. The number of hydrogen-bond donors (Lipinski definition) is 2. The number of aliphatic hydroxyl groups excluding tert-OH is 1. The molecule has 0 radical (unpaired) electrons. The number of nitrogens with zero attached hydrogens (tertiary/aromatic N) is 2. The first-order valence-electron chi connectivity index (χ1n) is 8.43. The van der Waals surface area contributed by atoms with Gasteiger partial charge in [0.15, 0.2) is 0 Å². The van der Waals surface area contributed by atoms with Crippen LogP contribution in [0.15, 0.2) is 48.5 Å². The van der Waals surface area contributed by atoms with E-state index in [0.29, 0.717) is 18.0 Å². The molecular formula is C19H23FN2O3. The summed E-state index contributed by atoms with van der Waals surface area (Å²) >= 11 is 0. The largest absolute Gasteiger partial charge is 0.506 e. The van der Waals surface area contributed by atoms with Gasteiger partial charge in [-0.1, -0.05) is 12.1 Å². The highest BCUT2D eigenvalue weighted by Crippen LogP contribution is 2.27. The van der Waals surface area contributed by atoms with E-state index in [4.69, 9.17) is 4.74 Å². The van der Waals surface area contributed by atoms with E-state index in [1.165, 1.54) is 12.1 Å². The highest BCUT2D eigenvalue weighted by molar-refractivity contribution is 5.57. The Balaban J connectivity index is 1.42. The number of halogens is 1. The molecule has 0 amide bonds. The lowest BCUT2D eigenvalue weighted by molar-refractivity contribution is 0.0662. The van der Waals surface area contributed by atoms with E-state index < -0.39 is 6.10 Å². The predicted octanol–water partition coefficient (Wildman–Crippen LogP) is 2.09. The molecule has 0 bridgehead atoms. The lowest BCUT2D eigenvalue weighted by Gasteiger charge is -2.37. The highest BCUT2D eigenvalue weighted by atomic mass is 19.1. The molecule has 5 nitrogen and oxygen atoms in total. The van der Waals surface area contributed by atoms with Gasteiger partial charge >= 0.3 is 0 Å². The Hall–Kier alpha value is -2.31. The topological polar surface area (TPSA) is 56.2 Å². The summed E-state index contributed by atoms with van der Waals surface area (Å²) in [6.45, 7) is 3.90. The van der Waals surface area contributed by atoms with Gasteiger partial charge < -0.3 is 19.8 Å². The molecule has 3 rings (SSSR count). The zero-order valence-electron chi connectivity index (χ0n) is 14.0. The summed E-state index contributed by atoms with van der Waals surface area (Å²) in [5.74, 6) is 0.531. The van der Waals surface area contributed by atoms with E-state index in [1.807, 2.05) is 18.2 Å². The van der Waals surface area contributed by atoms with Crippen LogP contribution in [0.2, 0.25) is 0 Å². The Morgan fingerprint density at radius 2 is 1.68 bits per heavy atom. The van der Waals surface area contributed by atoms with E-state index in [-0.39, 0.29) is 12.4 Å². The van der Waals surface area contributed by atoms with Gasteiger partial charge in [-0.3, -0.25) is 4.90 Å². The third kappa shape index (κ3) is 4.84. The number of piperazine rings is 1. The third-order valence-corrected chi connectivity index (χ3v) is 4.32. The van der Waals surface area contributed by atoms with Gasteiger partial charge in [-0.05, 0) is 36.4 Å². The summed E-state index contributed by atoms with van der Waals surface area (Å²) < 4.78 is 18.3. The van der Waals surface area contributed by atoms with Crippen LogP contribution in [0, 0.1) is 5.82 Å². The number of aliphatic hydroxyl groups is 1. The molecule has 1 fully saturated rings. The minimum atomic E-state index is -0.610. The quantitative estimate of drug-likeness (QED) is 0.839. The van der Waals surface area contributed by atoms with Crippen molar-refractivity contribution in [3.8, 4) is 11.5 Å². The van der Waals surface area contributed by atoms with Crippen LogP contribution in [0.1, 0.15) is 0 Å². The number of benzene rings is 2. The molecule has 25 heavy (non-hydrogen) atoms. The van der Waals surface area contributed by atoms with Crippen molar-refractivity contribution in [3.63, 3.8) is 0 Å². The van der Waals surface area contributed by atoms with Gasteiger partial charge in [0, 0.05) is 32.7 Å². The fourth-order valence-corrected chi connectivity index (χ4v) is 2.98. The van der Waals surface area contributed by atoms with Crippen molar-refractivity contribution < 1.29 is 19.3 Å². The average molecular weight is 346 g/mol. The molecular weight excluding hydrogens is 323 g/mol. The van der Waals surface area contributed by atoms with Crippen molar-refractivity contribution in [2.75, 3.05) is 44.2 Å². The van der Waals surface area contributed by atoms with Crippen LogP contribution in [0.5, 0.6) is 11.5 Å². The van der Waals surface area contributed by atoms with Crippen LogP contribution in [0.4, 0.5) is 10.1 Å². The van der Waals surface area contributed by atoms with Gasteiger partial charge in [0.1, 0.15) is 30.0 Å². The van der Waals surface area contributed by atoms with Gasteiger partial charge in [-0.15, -0.1) is 0 Å². The first-order chi connectivity index (χ1) is 12.1. The maximum Gasteiger partial charge on any atom is 0.138 e. The Kier molecular flexibility index (Phi) is 5.73. The summed E-state index contributed by atoms with van der Waals surface area (Å²) in [6.07, 6.45) is -0.610. The monoisotopic (exact) mass is 346 g/mol. The molecule has 0 saturated carbocycles. The standard InChI is InChI=1S/C19H23FN2O3/c20-15-5-7-17(8-6-15)25-14-16(23)13-21-9-11-22(12-10-21)18-3-1-2-4-19(18)24/h1-8,16,23-24H,9-14H2/t16-/m0/s1. The van der Waals surface area contributed by atoms with Crippen molar-refractivity contribution in [2.45, 2.75) is 6.10 Å². The van der Waals surface area contributed by atoms with Gasteiger partial charge in [-0.2, -0.15) is 0 Å². The summed E-state index contributed by atoms with van der Waals surface area (Å²) in [6, 6.07) is 13.1. The average Bonchev–Trinajstić information content (AvgIpc) is 2.62. The van der Waals surface area contributed by atoms with Gasteiger partial charge in [0.2, 0.25) is 0 Å². The summed E-state index contributed by atoms with van der Waals surface area (Å²) in [5, 5.41) is 20.1. The van der Waals surface area contributed by atoms with Crippen molar-refractivity contribution >= 4 is 5.69 Å². The minimum absolute atomic E-state index is 0.172. The van der Waals surface area contributed by atoms with E-state index in [9.17, 15) is 14.6 Å². The van der Waals surface area contributed by atoms with Gasteiger partial charge in [0.05, 0.1) is 5.69 Å². The lowest BCUT2D eigenvalue weighted by Crippen LogP contribution is -2.49. The smallest absolute Gasteiger partial charge is 0.138 e.